The van der Waals surface area contributed by atoms with E-state index < -0.39 is 22.8 Å². The molecule has 32 heavy (non-hydrogen) atoms. The standard InChI is InChI=1S/C28H46O4/c1-21-19-22(2)24(16-12-8-10-14-18-28(5,6)26(31)32)20-23(21)15-11-7-9-13-17-27(3,4)25(29)30/h19-20H,7-18H2,1-6H3,(H,29,30)(H,31,32). The molecule has 0 spiro atoms. The number of carboxylic acid groups (broad SMARTS) is 2. The third kappa shape index (κ3) is 9.75. The molecule has 0 amide bonds. The van der Waals surface area contributed by atoms with E-state index in [4.69, 9.17) is 0 Å². The van der Waals surface area contributed by atoms with Crippen molar-refractivity contribution in [2.45, 2.75) is 119 Å². The summed E-state index contributed by atoms with van der Waals surface area (Å²) >= 11 is 0. The Morgan fingerprint density at radius 1 is 0.625 bits per heavy atom. The van der Waals surface area contributed by atoms with Gasteiger partial charge >= 0.3 is 11.9 Å². The molecule has 0 aliphatic heterocycles. The van der Waals surface area contributed by atoms with Crippen LogP contribution in [0.25, 0.3) is 0 Å². The summed E-state index contributed by atoms with van der Waals surface area (Å²) in [5, 5.41) is 18.4. The molecule has 0 atom stereocenters. The maximum Gasteiger partial charge on any atom is 0.309 e. The lowest BCUT2D eigenvalue weighted by atomic mass is 9.86. The number of hydrogen-bond donors (Lipinski definition) is 2. The number of aryl methyl sites for hydroxylation is 4. The first-order valence-electron chi connectivity index (χ1n) is 12.4. The fourth-order valence-electron chi connectivity index (χ4n) is 4.17. The van der Waals surface area contributed by atoms with E-state index in [-0.39, 0.29) is 0 Å². The Kier molecular flexibility index (Phi) is 11.5. The molecule has 0 aliphatic carbocycles. The molecular weight excluding hydrogens is 400 g/mol. The van der Waals surface area contributed by atoms with Crippen molar-refractivity contribution in [1.82, 2.24) is 0 Å². The van der Waals surface area contributed by atoms with Crippen LogP contribution in [0, 0.1) is 24.7 Å². The fraction of sp³-hybridized carbons (Fsp3) is 0.714. The van der Waals surface area contributed by atoms with Crippen LogP contribution < -0.4 is 0 Å². The topological polar surface area (TPSA) is 74.6 Å². The van der Waals surface area contributed by atoms with E-state index in [0.717, 1.165) is 77.0 Å². The Labute approximate surface area is 195 Å². The second kappa shape index (κ2) is 13.0. The van der Waals surface area contributed by atoms with Crippen molar-refractivity contribution < 1.29 is 19.8 Å². The molecule has 182 valence electrons. The van der Waals surface area contributed by atoms with Crippen LogP contribution in [-0.2, 0) is 22.4 Å². The van der Waals surface area contributed by atoms with Crippen LogP contribution in [0.15, 0.2) is 12.1 Å². The highest BCUT2D eigenvalue weighted by Gasteiger charge is 2.26. The van der Waals surface area contributed by atoms with Gasteiger partial charge in [0.15, 0.2) is 0 Å². The quantitative estimate of drug-likeness (QED) is 0.258. The average Bonchev–Trinajstić information content (AvgIpc) is 2.69. The number of benzene rings is 1. The Morgan fingerprint density at radius 3 is 1.31 bits per heavy atom. The Hall–Kier alpha value is -1.84. The maximum atomic E-state index is 11.2. The summed E-state index contributed by atoms with van der Waals surface area (Å²) in [6.07, 6.45) is 12.4. The van der Waals surface area contributed by atoms with Gasteiger partial charge in [0.1, 0.15) is 0 Å². The van der Waals surface area contributed by atoms with Crippen LogP contribution in [0.2, 0.25) is 0 Å². The van der Waals surface area contributed by atoms with E-state index in [1.54, 1.807) is 0 Å². The molecule has 0 aliphatic rings. The first kappa shape index (κ1) is 28.2. The summed E-state index contributed by atoms with van der Waals surface area (Å²) in [7, 11) is 0. The van der Waals surface area contributed by atoms with Crippen molar-refractivity contribution in [1.29, 1.82) is 0 Å². The largest absolute Gasteiger partial charge is 0.481 e. The van der Waals surface area contributed by atoms with Gasteiger partial charge in [-0.1, -0.05) is 50.7 Å². The minimum Gasteiger partial charge on any atom is -0.481 e. The van der Waals surface area contributed by atoms with Crippen LogP contribution in [0.5, 0.6) is 0 Å². The van der Waals surface area contributed by atoms with Crippen molar-refractivity contribution in [2.24, 2.45) is 10.8 Å². The van der Waals surface area contributed by atoms with Gasteiger partial charge in [0.2, 0.25) is 0 Å². The Bertz CT molecular complexity index is 687. The average molecular weight is 447 g/mol. The fourth-order valence-corrected chi connectivity index (χ4v) is 4.17. The maximum absolute atomic E-state index is 11.2. The molecular formula is C28H46O4. The van der Waals surface area contributed by atoms with Crippen molar-refractivity contribution in [2.75, 3.05) is 0 Å². The van der Waals surface area contributed by atoms with E-state index in [1.807, 2.05) is 27.7 Å². The van der Waals surface area contributed by atoms with Gasteiger partial charge in [0.05, 0.1) is 10.8 Å². The highest BCUT2D eigenvalue weighted by Crippen LogP contribution is 2.26. The molecule has 1 aromatic carbocycles. The van der Waals surface area contributed by atoms with Crippen LogP contribution in [0.4, 0.5) is 0 Å². The second-order valence-corrected chi connectivity index (χ2v) is 10.9. The molecule has 4 heteroatoms. The third-order valence-corrected chi connectivity index (χ3v) is 6.95. The summed E-state index contributed by atoms with van der Waals surface area (Å²) in [6.45, 7) is 11.6. The summed E-state index contributed by atoms with van der Waals surface area (Å²) in [4.78, 5) is 22.4. The molecule has 0 saturated carbocycles. The molecule has 0 bridgehead atoms. The van der Waals surface area contributed by atoms with Gasteiger partial charge < -0.3 is 10.2 Å². The van der Waals surface area contributed by atoms with E-state index in [9.17, 15) is 19.8 Å². The number of carboxylic acids is 2. The SMILES string of the molecule is Cc1cc(C)c(CCCCCCC(C)(C)C(=O)O)cc1CCCCCCC(C)(C)C(=O)O. The van der Waals surface area contributed by atoms with Gasteiger partial charge in [-0.3, -0.25) is 9.59 Å². The summed E-state index contributed by atoms with van der Waals surface area (Å²) in [5.41, 5.74) is 4.40. The molecule has 1 aromatic rings. The normalized spacial score (nSPS) is 12.2. The number of carbonyl (C=O) groups is 2. The van der Waals surface area contributed by atoms with Crippen molar-refractivity contribution in [3.8, 4) is 0 Å². The Balaban J connectivity index is 2.38. The number of aliphatic carboxylic acids is 2. The molecule has 0 unspecified atom stereocenters. The first-order chi connectivity index (χ1) is 14.9. The van der Waals surface area contributed by atoms with Gasteiger partial charge in [-0.25, -0.2) is 0 Å². The van der Waals surface area contributed by atoms with Gasteiger partial charge in [-0.15, -0.1) is 0 Å². The second-order valence-electron chi connectivity index (χ2n) is 10.9. The van der Waals surface area contributed by atoms with E-state index in [0.29, 0.717) is 0 Å². The van der Waals surface area contributed by atoms with Gasteiger partial charge in [0.25, 0.3) is 0 Å². The van der Waals surface area contributed by atoms with E-state index >= 15 is 0 Å². The van der Waals surface area contributed by atoms with Crippen LogP contribution >= 0.6 is 0 Å². The van der Waals surface area contributed by atoms with E-state index in [1.165, 1.54) is 22.3 Å². The number of rotatable bonds is 16. The molecule has 2 N–H and O–H groups in total. The van der Waals surface area contributed by atoms with E-state index in [2.05, 4.69) is 26.0 Å². The summed E-state index contributed by atoms with van der Waals surface area (Å²) in [5.74, 6) is -1.41. The zero-order valence-corrected chi connectivity index (χ0v) is 21.4. The van der Waals surface area contributed by atoms with Crippen molar-refractivity contribution >= 4 is 11.9 Å². The van der Waals surface area contributed by atoms with Gasteiger partial charge in [0, 0.05) is 0 Å². The zero-order chi connectivity index (χ0) is 24.4. The molecule has 0 radical (unpaired) electrons. The number of hydrogen-bond acceptors (Lipinski definition) is 2. The van der Waals surface area contributed by atoms with Crippen LogP contribution in [0.1, 0.15) is 114 Å². The minimum atomic E-state index is -0.704. The van der Waals surface area contributed by atoms with Crippen molar-refractivity contribution in [3.63, 3.8) is 0 Å². The van der Waals surface area contributed by atoms with Crippen LogP contribution in [-0.4, -0.2) is 22.2 Å². The molecule has 1 rings (SSSR count). The highest BCUT2D eigenvalue weighted by molar-refractivity contribution is 5.73. The van der Waals surface area contributed by atoms with Gasteiger partial charge in [-0.2, -0.15) is 0 Å². The lowest BCUT2D eigenvalue weighted by Crippen LogP contribution is -2.23. The monoisotopic (exact) mass is 446 g/mol. The molecule has 0 fully saturated rings. The van der Waals surface area contributed by atoms with Crippen LogP contribution in [0.3, 0.4) is 0 Å². The predicted octanol–water partition coefficient (Wildman–Crippen LogP) is 7.51. The zero-order valence-electron chi connectivity index (χ0n) is 21.4. The molecule has 4 nitrogen and oxygen atoms in total. The predicted molar refractivity (Wildman–Crippen MR) is 132 cm³/mol. The molecule has 0 saturated heterocycles. The number of unbranched alkanes of at least 4 members (excludes halogenated alkanes) is 6. The Morgan fingerprint density at radius 2 is 0.969 bits per heavy atom. The highest BCUT2D eigenvalue weighted by atomic mass is 16.4. The smallest absolute Gasteiger partial charge is 0.309 e. The molecule has 0 heterocycles. The third-order valence-electron chi connectivity index (χ3n) is 6.95. The minimum absolute atomic E-state index is 0.616. The summed E-state index contributed by atoms with van der Waals surface area (Å²) < 4.78 is 0. The molecule has 0 aromatic heterocycles. The van der Waals surface area contributed by atoms with Gasteiger partial charge in [-0.05, 0) is 102 Å². The first-order valence-corrected chi connectivity index (χ1v) is 12.4. The van der Waals surface area contributed by atoms with Crippen molar-refractivity contribution in [3.05, 3.63) is 34.4 Å². The lowest BCUT2D eigenvalue weighted by molar-refractivity contribution is -0.148. The summed E-state index contributed by atoms with van der Waals surface area (Å²) in [6, 6.07) is 4.71. The lowest BCUT2D eigenvalue weighted by Gasteiger charge is -2.18.